The number of rotatable bonds is 5. The minimum absolute atomic E-state index is 0.271. The molecule has 0 bridgehead atoms. The number of thiocarbonyl (C=S) groups is 1. The summed E-state index contributed by atoms with van der Waals surface area (Å²) < 4.78 is 4.64. The van der Waals surface area contributed by atoms with Crippen molar-refractivity contribution in [1.29, 1.82) is 0 Å². The number of nitrogens with one attached hydrogen (secondary N) is 1. The van der Waals surface area contributed by atoms with E-state index >= 15 is 0 Å². The molecule has 17 heavy (non-hydrogen) atoms. The minimum atomic E-state index is 0.271. The number of anilines is 1. The first-order chi connectivity index (χ1) is 8.27. The van der Waals surface area contributed by atoms with E-state index in [1.165, 1.54) is 6.39 Å². The van der Waals surface area contributed by atoms with E-state index < -0.39 is 0 Å². The fourth-order valence-corrected chi connectivity index (χ4v) is 1.52. The van der Waals surface area contributed by atoms with Gasteiger partial charge in [-0.2, -0.15) is 4.98 Å². The SMILES string of the molecule is NC(=S)c1ncccc1NCCc1ncon1. The van der Waals surface area contributed by atoms with Crippen molar-refractivity contribution in [3.05, 3.63) is 36.2 Å². The molecule has 88 valence electrons. The van der Waals surface area contributed by atoms with Gasteiger partial charge in [-0.25, -0.2) is 0 Å². The van der Waals surface area contributed by atoms with Crippen LogP contribution < -0.4 is 11.1 Å². The van der Waals surface area contributed by atoms with E-state index in [1.54, 1.807) is 6.20 Å². The van der Waals surface area contributed by atoms with Gasteiger partial charge in [0.05, 0.1) is 5.69 Å². The van der Waals surface area contributed by atoms with Crippen LogP contribution in [0, 0.1) is 0 Å². The molecule has 2 heterocycles. The van der Waals surface area contributed by atoms with Gasteiger partial charge in [-0.05, 0) is 12.1 Å². The molecule has 0 aliphatic heterocycles. The molecule has 0 unspecified atom stereocenters. The van der Waals surface area contributed by atoms with Crippen LogP contribution in [-0.2, 0) is 6.42 Å². The third kappa shape index (κ3) is 2.97. The van der Waals surface area contributed by atoms with Gasteiger partial charge >= 0.3 is 0 Å². The Balaban J connectivity index is 1.97. The molecule has 2 rings (SSSR count). The van der Waals surface area contributed by atoms with E-state index in [4.69, 9.17) is 18.0 Å². The predicted molar refractivity (Wildman–Crippen MR) is 66.6 cm³/mol. The highest BCUT2D eigenvalue weighted by Crippen LogP contribution is 2.11. The fourth-order valence-electron chi connectivity index (χ4n) is 1.36. The monoisotopic (exact) mass is 249 g/mol. The minimum Gasteiger partial charge on any atom is -0.388 e. The van der Waals surface area contributed by atoms with Crippen LogP contribution in [0.25, 0.3) is 0 Å². The zero-order valence-electron chi connectivity index (χ0n) is 8.96. The van der Waals surface area contributed by atoms with Crippen LogP contribution >= 0.6 is 12.2 Å². The van der Waals surface area contributed by atoms with E-state index in [9.17, 15) is 0 Å². The van der Waals surface area contributed by atoms with Crippen molar-refractivity contribution in [1.82, 2.24) is 15.1 Å². The highest BCUT2D eigenvalue weighted by molar-refractivity contribution is 7.80. The summed E-state index contributed by atoms with van der Waals surface area (Å²) in [7, 11) is 0. The second-order valence-electron chi connectivity index (χ2n) is 3.29. The van der Waals surface area contributed by atoms with Crippen LogP contribution in [0.2, 0.25) is 0 Å². The van der Waals surface area contributed by atoms with Gasteiger partial charge in [0.25, 0.3) is 0 Å². The molecule has 2 aromatic heterocycles. The van der Waals surface area contributed by atoms with Gasteiger partial charge in [0.2, 0.25) is 6.39 Å². The van der Waals surface area contributed by atoms with Gasteiger partial charge < -0.3 is 15.6 Å². The van der Waals surface area contributed by atoms with Gasteiger partial charge in [-0.1, -0.05) is 17.4 Å². The summed E-state index contributed by atoms with van der Waals surface area (Å²) in [6.45, 7) is 0.654. The van der Waals surface area contributed by atoms with E-state index in [0.29, 0.717) is 24.5 Å². The second-order valence-corrected chi connectivity index (χ2v) is 3.73. The molecule has 0 aromatic carbocycles. The second kappa shape index (κ2) is 5.35. The third-order valence-electron chi connectivity index (χ3n) is 2.11. The van der Waals surface area contributed by atoms with Crippen molar-refractivity contribution < 1.29 is 4.52 Å². The standard InChI is InChI=1S/C10H11N5OS/c11-10(17)9-7(2-1-4-13-9)12-5-3-8-14-6-16-15-8/h1-2,4,6,12H,3,5H2,(H2,11,17). The number of hydrogen-bond acceptors (Lipinski definition) is 6. The molecule has 0 saturated carbocycles. The summed E-state index contributed by atoms with van der Waals surface area (Å²) in [5.41, 5.74) is 6.97. The van der Waals surface area contributed by atoms with Crippen LogP contribution in [0.15, 0.2) is 29.2 Å². The normalized spacial score (nSPS) is 10.1. The summed E-state index contributed by atoms with van der Waals surface area (Å²) in [5, 5.41) is 6.89. The van der Waals surface area contributed by atoms with Crippen LogP contribution in [0.4, 0.5) is 5.69 Å². The van der Waals surface area contributed by atoms with Gasteiger partial charge in [-0.3, -0.25) is 4.98 Å². The molecule has 7 heteroatoms. The first-order valence-electron chi connectivity index (χ1n) is 5.01. The Kier molecular flexibility index (Phi) is 3.61. The number of nitrogens with zero attached hydrogens (tertiary/aromatic N) is 3. The van der Waals surface area contributed by atoms with Crippen LogP contribution in [0.5, 0.6) is 0 Å². The van der Waals surface area contributed by atoms with E-state index in [1.807, 2.05) is 12.1 Å². The van der Waals surface area contributed by atoms with Crippen molar-refractivity contribution in [2.75, 3.05) is 11.9 Å². The first-order valence-corrected chi connectivity index (χ1v) is 5.42. The third-order valence-corrected chi connectivity index (χ3v) is 2.31. The topological polar surface area (TPSA) is 89.9 Å². The van der Waals surface area contributed by atoms with Crippen molar-refractivity contribution in [3.8, 4) is 0 Å². The molecular formula is C10H11N5OS. The molecule has 0 amide bonds. The summed E-state index contributed by atoms with van der Waals surface area (Å²) >= 11 is 4.92. The molecule has 0 radical (unpaired) electrons. The molecule has 0 spiro atoms. The van der Waals surface area contributed by atoms with E-state index in [0.717, 1.165) is 5.69 Å². The zero-order chi connectivity index (χ0) is 12.1. The molecule has 0 aliphatic rings. The maximum absolute atomic E-state index is 5.57. The average Bonchev–Trinajstić information content (AvgIpc) is 2.82. The summed E-state index contributed by atoms with van der Waals surface area (Å²) in [6, 6.07) is 3.69. The zero-order valence-corrected chi connectivity index (χ0v) is 9.78. The lowest BCUT2D eigenvalue weighted by molar-refractivity contribution is 0.410. The highest BCUT2D eigenvalue weighted by Gasteiger charge is 2.05. The van der Waals surface area contributed by atoms with E-state index in [2.05, 4.69) is 25.0 Å². The summed E-state index contributed by atoms with van der Waals surface area (Å²) in [5.74, 6) is 0.651. The summed E-state index contributed by atoms with van der Waals surface area (Å²) in [6.07, 6.45) is 3.61. The smallest absolute Gasteiger partial charge is 0.213 e. The molecule has 3 N–H and O–H groups in total. The number of aromatic nitrogens is 3. The number of pyridine rings is 1. The Morgan fingerprint density at radius 3 is 3.06 bits per heavy atom. The van der Waals surface area contributed by atoms with E-state index in [-0.39, 0.29) is 4.99 Å². The summed E-state index contributed by atoms with van der Waals surface area (Å²) in [4.78, 5) is 8.31. The first kappa shape index (κ1) is 11.5. The molecule has 0 aliphatic carbocycles. The Labute approximate surface area is 103 Å². The van der Waals surface area contributed by atoms with Crippen molar-refractivity contribution in [3.63, 3.8) is 0 Å². The van der Waals surface area contributed by atoms with Gasteiger partial charge in [0.15, 0.2) is 5.82 Å². The Morgan fingerprint density at radius 2 is 2.35 bits per heavy atom. The maximum Gasteiger partial charge on any atom is 0.213 e. The van der Waals surface area contributed by atoms with Gasteiger partial charge in [0, 0.05) is 19.2 Å². The number of nitrogens with two attached hydrogens (primary N) is 1. The lowest BCUT2D eigenvalue weighted by Gasteiger charge is -2.08. The van der Waals surface area contributed by atoms with Crippen molar-refractivity contribution in [2.45, 2.75) is 6.42 Å². The van der Waals surface area contributed by atoms with Crippen LogP contribution in [0.3, 0.4) is 0 Å². The quantitative estimate of drug-likeness (QED) is 0.756. The van der Waals surface area contributed by atoms with Crippen molar-refractivity contribution >= 4 is 22.9 Å². The maximum atomic E-state index is 5.57. The Morgan fingerprint density at radius 1 is 1.47 bits per heavy atom. The number of hydrogen-bond donors (Lipinski definition) is 2. The lowest BCUT2D eigenvalue weighted by Crippen LogP contribution is -2.16. The molecule has 0 fully saturated rings. The molecular weight excluding hydrogens is 238 g/mol. The molecule has 2 aromatic rings. The van der Waals surface area contributed by atoms with Crippen LogP contribution in [-0.4, -0.2) is 26.7 Å². The fraction of sp³-hybridized carbons (Fsp3) is 0.200. The lowest BCUT2D eigenvalue weighted by atomic mass is 10.3. The Bertz CT molecular complexity index is 499. The van der Waals surface area contributed by atoms with Crippen LogP contribution in [0.1, 0.15) is 11.5 Å². The van der Waals surface area contributed by atoms with Gasteiger partial charge in [-0.15, -0.1) is 0 Å². The average molecular weight is 249 g/mol. The molecule has 0 atom stereocenters. The van der Waals surface area contributed by atoms with Crippen molar-refractivity contribution in [2.24, 2.45) is 5.73 Å². The largest absolute Gasteiger partial charge is 0.388 e. The predicted octanol–water partition coefficient (Wildman–Crippen LogP) is 0.753. The molecule has 6 nitrogen and oxygen atoms in total. The Hall–Kier alpha value is -2.02. The van der Waals surface area contributed by atoms with Gasteiger partial charge in [0.1, 0.15) is 10.7 Å². The molecule has 0 saturated heterocycles. The highest BCUT2D eigenvalue weighted by atomic mass is 32.1.